The maximum absolute atomic E-state index is 13.3. The molecule has 2 aromatic rings. The van der Waals surface area contributed by atoms with Crippen molar-refractivity contribution < 1.29 is 19.4 Å². The van der Waals surface area contributed by atoms with Crippen LogP contribution in [0.4, 0.5) is 0 Å². The molecule has 156 valence electrons. The minimum Gasteiger partial charge on any atom is -0.496 e. The highest BCUT2D eigenvalue weighted by Crippen LogP contribution is 2.35. The second-order valence-corrected chi connectivity index (χ2v) is 7.71. The normalized spacial score (nSPS) is 14.1. The lowest BCUT2D eigenvalue weighted by Crippen LogP contribution is -2.26. The minimum atomic E-state index is -0.565. The van der Waals surface area contributed by atoms with E-state index in [9.17, 15) is 9.90 Å². The van der Waals surface area contributed by atoms with Crippen molar-refractivity contribution in [1.82, 2.24) is 10.2 Å². The van der Waals surface area contributed by atoms with E-state index in [1.807, 2.05) is 36.2 Å². The van der Waals surface area contributed by atoms with Crippen molar-refractivity contribution in [1.29, 1.82) is 0 Å². The first-order valence-electron chi connectivity index (χ1n) is 9.89. The second kappa shape index (κ2) is 8.84. The van der Waals surface area contributed by atoms with Crippen molar-refractivity contribution in [2.24, 2.45) is 0 Å². The predicted molar refractivity (Wildman–Crippen MR) is 113 cm³/mol. The molecule has 1 aliphatic rings. The Balaban J connectivity index is 1.88. The smallest absolute Gasteiger partial charge is 0.258 e. The van der Waals surface area contributed by atoms with Gasteiger partial charge in [-0.2, -0.15) is 0 Å². The Kier molecular flexibility index (Phi) is 6.45. The van der Waals surface area contributed by atoms with Crippen molar-refractivity contribution in [2.45, 2.75) is 39.0 Å². The molecule has 1 unspecified atom stereocenters. The van der Waals surface area contributed by atoms with Gasteiger partial charge < -0.3 is 24.8 Å². The highest BCUT2D eigenvalue weighted by Gasteiger charge is 2.28. The Labute approximate surface area is 172 Å². The van der Waals surface area contributed by atoms with E-state index in [2.05, 4.69) is 19.2 Å². The van der Waals surface area contributed by atoms with Crippen LogP contribution in [0.3, 0.4) is 0 Å². The van der Waals surface area contributed by atoms with Crippen LogP contribution in [-0.2, 0) is 13.1 Å². The fourth-order valence-corrected chi connectivity index (χ4v) is 3.79. The molecule has 0 aromatic heterocycles. The van der Waals surface area contributed by atoms with E-state index in [1.165, 1.54) is 0 Å². The fraction of sp³-hybridized carbons (Fsp3) is 0.435. The third-order valence-electron chi connectivity index (χ3n) is 5.43. The average Bonchev–Trinajstić information content (AvgIpc) is 3.15. The van der Waals surface area contributed by atoms with E-state index in [0.717, 1.165) is 28.0 Å². The monoisotopic (exact) mass is 398 g/mol. The molecule has 1 amide bonds. The first kappa shape index (κ1) is 21.1. The summed E-state index contributed by atoms with van der Waals surface area (Å²) < 4.78 is 11.0. The Morgan fingerprint density at radius 1 is 1.10 bits per heavy atom. The van der Waals surface area contributed by atoms with Gasteiger partial charge in [-0.15, -0.1) is 0 Å². The molecular weight excluding hydrogens is 368 g/mol. The largest absolute Gasteiger partial charge is 0.496 e. The van der Waals surface area contributed by atoms with Gasteiger partial charge >= 0.3 is 0 Å². The SMILES string of the molecule is CNCC(O)c1ccc2c(c1)CN(C(=O)c1cc(C(C)C)c(OC)cc1OC)C2. The minimum absolute atomic E-state index is 0.0695. The summed E-state index contributed by atoms with van der Waals surface area (Å²) in [6, 6.07) is 9.60. The molecule has 29 heavy (non-hydrogen) atoms. The number of nitrogens with zero attached hydrogens (tertiary/aromatic N) is 1. The summed E-state index contributed by atoms with van der Waals surface area (Å²) in [4.78, 5) is 15.1. The molecule has 0 saturated carbocycles. The summed E-state index contributed by atoms with van der Waals surface area (Å²) in [5, 5.41) is 13.2. The molecule has 0 saturated heterocycles. The second-order valence-electron chi connectivity index (χ2n) is 7.71. The molecular formula is C23H30N2O4. The maximum atomic E-state index is 13.3. The van der Waals surface area contributed by atoms with E-state index < -0.39 is 6.10 Å². The van der Waals surface area contributed by atoms with Crippen LogP contribution in [0.5, 0.6) is 11.5 Å². The van der Waals surface area contributed by atoms with E-state index in [-0.39, 0.29) is 11.8 Å². The molecule has 1 aliphatic heterocycles. The number of benzene rings is 2. The highest BCUT2D eigenvalue weighted by atomic mass is 16.5. The van der Waals surface area contributed by atoms with Gasteiger partial charge in [-0.1, -0.05) is 32.0 Å². The van der Waals surface area contributed by atoms with Gasteiger partial charge in [0.05, 0.1) is 25.9 Å². The number of hydrogen-bond donors (Lipinski definition) is 2. The molecule has 0 spiro atoms. The van der Waals surface area contributed by atoms with Gasteiger partial charge in [-0.3, -0.25) is 4.79 Å². The zero-order valence-electron chi connectivity index (χ0n) is 17.8. The standard InChI is InChI=1S/C23H30N2O4/c1-14(2)18-9-19(22(29-5)10-21(18)28-4)23(27)25-12-16-7-6-15(8-17(16)13-25)20(26)11-24-3/h6-10,14,20,24,26H,11-13H2,1-5H3. The molecule has 6 nitrogen and oxygen atoms in total. The van der Waals surface area contributed by atoms with Crippen molar-refractivity contribution in [3.8, 4) is 11.5 Å². The van der Waals surface area contributed by atoms with E-state index >= 15 is 0 Å². The predicted octanol–water partition coefficient (Wildman–Crippen LogP) is 3.24. The van der Waals surface area contributed by atoms with Crippen LogP contribution in [0, 0.1) is 0 Å². The number of carbonyl (C=O) groups is 1. The molecule has 2 N–H and O–H groups in total. The quantitative estimate of drug-likeness (QED) is 0.749. The van der Waals surface area contributed by atoms with Gasteiger partial charge in [0.25, 0.3) is 5.91 Å². The number of aliphatic hydroxyl groups excluding tert-OH is 1. The van der Waals surface area contributed by atoms with Crippen LogP contribution < -0.4 is 14.8 Å². The maximum Gasteiger partial charge on any atom is 0.258 e. The molecule has 0 fully saturated rings. The zero-order valence-corrected chi connectivity index (χ0v) is 17.8. The van der Waals surface area contributed by atoms with Gasteiger partial charge in [-0.25, -0.2) is 0 Å². The van der Waals surface area contributed by atoms with Crippen LogP contribution in [0.1, 0.15) is 58.5 Å². The summed E-state index contributed by atoms with van der Waals surface area (Å²) in [5.74, 6) is 1.38. The van der Waals surface area contributed by atoms with Crippen molar-refractivity contribution in [3.05, 3.63) is 58.1 Å². The van der Waals surface area contributed by atoms with E-state index in [0.29, 0.717) is 30.9 Å². The van der Waals surface area contributed by atoms with Gasteiger partial charge in [0.15, 0.2) is 0 Å². The van der Waals surface area contributed by atoms with Gasteiger partial charge in [0, 0.05) is 25.7 Å². The number of likely N-dealkylation sites (N-methyl/N-ethyl adjacent to an activating group) is 1. The number of rotatable bonds is 7. The van der Waals surface area contributed by atoms with Gasteiger partial charge in [-0.05, 0) is 41.3 Å². The molecule has 2 aromatic carbocycles. The molecule has 0 aliphatic carbocycles. The highest BCUT2D eigenvalue weighted by molar-refractivity contribution is 5.97. The van der Waals surface area contributed by atoms with Crippen molar-refractivity contribution in [2.75, 3.05) is 27.8 Å². The Bertz CT molecular complexity index is 895. The topological polar surface area (TPSA) is 71.0 Å². The third kappa shape index (κ3) is 4.23. The molecule has 0 bridgehead atoms. The summed E-state index contributed by atoms with van der Waals surface area (Å²) in [6.07, 6.45) is -0.565. The Morgan fingerprint density at radius 2 is 1.79 bits per heavy atom. The summed E-state index contributed by atoms with van der Waals surface area (Å²) in [6.45, 7) is 5.69. The number of carbonyl (C=O) groups excluding carboxylic acids is 1. The van der Waals surface area contributed by atoms with Crippen molar-refractivity contribution >= 4 is 5.91 Å². The van der Waals surface area contributed by atoms with Crippen LogP contribution in [0.25, 0.3) is 0 Å². The van der Waals surface area contributed by atoms with Crippen molar-refractivity contribution in [3.63, 3.8) is 0 Å². The lowest BCUT2D eigenvalue weighted by molar-refractivity contribution is 0.0747. The number of methoxy groups -OCH3 is 2. The summed E-state index contributed by atoms with van der Waals surface area (Å²) in [5.41, 5.74) is 4.56. The first-order valence-corrected chi connectivity index (χ1v) is 9.89. The van der Waals surface area contributed by atoms with Crippen LogP contribution in [0.2, 0.25) is 0 Å². The molecule has 3 rings (SSSR count). The molecule has 1 heterocycles. The number of ether oxygens (including phenoxy) is 2. The Morgan fingerprint density at radius 3 is 2.41 bits per heavy atom. The summed E-state index contributed by atoms with van der Waals surface area (Å²) in [7, 11) is 5.00. The lowest BCUT2D eigenvalue weighted by Gasteiger charge is -2.20. The number of fused-ring (bicyclic) bond motifs is 1. The number of hydrogen-bond acceptors (Lipinski definition) is 5. The van der Waals surface area contributed by atoms with Crippen LogP contribution >= 0.6 is 0 Å². The van der Waals surface area contributed by atoms with Gasteiger partial charge in [0.2, 0.25) is 0 Å². The third-order valence-corrected chi connectivity index (χ3v) is 5.43. The number of aliphatic hydroxyl groups is 1. The molecule has 1 atom stereocenters. The lowest BCUT2D eigenvalue weighted by atomic mass is 9.98. The van der Waals surface area contributed by atoms with Gasteiger partial charge in [0.1, 0.15) is 11.5 Å². The Hall–Kier alpha value is -2.57. The zero-order chi connectivity index (χ0) is 21.1. The van der Waals surface area contributed by atoms with Crippen LogP contribution in [0.15, 0.2) is 30.3 Å². The number of amides is 1. The first-order chi connectivity index (χ1) is 13.9. The van der Waals surface area contributed by atoms with E-state index in [1.54, 1.807) is 20.3 Å². The van der Waals surface area contributed by atoms with E-state index in [4.69, 9.17) is 9.47 Å². The number of nitrogens with one attached hydrogen (secondary N) is 1. The molecule has 0 radical (unpaired) electrons. The summed E-state index contributed by atoms with van der Waals surface area (Å²) >= 11 is 0. The van der Waals surface area contributed by atoms with Crippen LogP contribution in [-0.4, -0.2) is 43.7 Å². The fourth-order valence-electron chi connectivity index (χ4n) is 3.79. The average molecular weight is 399 g/mol. The molecule has 6 heteroatoms.